The summed E-state index contributed by atoms with van der Waals surface area (Å²) in [6, 6.07) is 0.574. The van der Waals surface area contributed by atoms with E-state index in [0.717, 1.165) is 6.54 Å². The molecule has 1 unspecified atom stereocenters. The summed E-state index contributed by atoms with van der Waals surface area (Å²) in [6.45, 7) is 11.5. The molecule has 0 amide bonds. The van der Waals surface area contributed by atoms with Crippen LogP contribution in [0.15, 0.2) is 12.2 Å². The summed E-state index contributed by atoms with van der Waals surface area (Å²) in [6.07, 6.45) is 1.17. The molecule has 0 aromatic rings. The number of hydrogen-bond donors (Lipinski definition) is 0. The first kappa shape index (κ1) is 9.70. The molecule has 0 aromatic heterocycles. The van der Waals surface area contributed by atoms with Crippen LogP contribution in [-0.4, -0.2) is 24.5 Å². The first-order valence-electron chi connectivity index (χ1n) is 3.99. The van der Waals surface area contributed by atoms with Crippen LogP contribution in [0.25, 0.3) is 0 Å². The molecule has 0 aliphatic carbocycles. The number of nitrogens with zero attached hydrogens (tertiary/aromatic N) is 1. The summed E-state index contributed by atoms with van der Waals surface area (Å²) in [5, 5.41) is 0. The van der Waals surface area contributed by atoms with Crippen molar-refractivity contribution in [3.8, 4) is 0 Å². The van der Waals surface area contributed by atoms with Crippen molar-refractivity contribution in [1.82, 2.24) is 4.90 Å². The van der Waals surface area contributed by atoms with Crippen molar-refractivity contribution in [2.24, 2.45) is 0 Å². The van der Waals surface area contributed by atoms with Crippen LogP contribution in [-0.2, 0) is 0 Å². The second-order valence-electron chi connectivity index (χ2n) is 2.84. The van der Waals surface area contributed by atoms with Gasteiger partial charge in [0.05, 0.1) is 0 Å². The smallest absolute Gasteiger partial charge is 0.0296 e. The normalized spacial score (nSPS) is 13.7. The standard InChI is InChI=1S/C9H19N/c1-6-9(8(3)4)10(5)7-2/h9H,3,6-7H2,1-2,4-5H3. The van der Waals surface area contributed by atoms with E-state index in [1.807, 2.05) is 0 Å². The van der Waals surface area contributed by atoms with Crippen molar-refractivity contribution in [1.29, 1.82) is 0 Å². The summed E-state index contributed by atoms with van der Waals surface area (Å²) in [5.74, 6) is 0. The maximum Gasteiger partial charge on any atom is 0.0296 e. The van der Waals surface area contributed by atoms with E-state index >= 15 is 0 Å². The Morgan fingerprint density at radius 2 is 2.00 bits per heavy atom. The minimum atomic E-state index is 0.574. The summed E-state index contributed by atoms with van der Waals surface area (Å²) in [5.41, 5.74) is 1.27. The van der Waals surface area contributed by atoms with Crippen molar-refractivity contribution in [2.45, 2.75) is 33.2 Å². The van der Waals surface area contributed by atoms with E-state index in [0.29, 0.717) is 6.04 Å². The summed E-state index contributed by atoms with van der Waals surface area (Å²) in [7, 11) is 2.14. The Hall–Kier alpha value is -0.300. The lowest BCUT2D eigenvalue weighted by molar-refractivity contribution is 0.279. The fourth-order valence-electron chi connectivity index (χ4n) is 1.26. The Morgan fingerprint density at radius 3 is 2.10 bits per heavy atom. The predicted octanol–water partition coefficient (Wildman–Crippen LogP) is 2.29. The Bertz CT molecular complexity index is 107. The molecule has 60 valence electrons. The van der Waals surface area contributed by atoms with Gasteiger partial charge in [-0.05, 0) is 26.9 Å². The van der Waals surface area contributed by atoms with Gasteiger partial charge in [-0.1, -0.05) is 26.0 Å². The molecular weight excluding hydrogens is 122 g/mol. The maximum atomic E-state index is 3.95. The van der Waals surface area contributed by atoms with Gasteiger partial charge in [0.25, 0.3) is 0 Å². The molecule has 0 fully saturated rings. The molecule has 0 rings (SSSR count). The van der Waals surface area contributed by atoms with Crippen LogP contribution < -0.4 is 0 Å². The molecule has 0 saturated heterocycles. The zero-order valence-corrected chi connectivity index (χ0v) is 7.65. The molecule has 10 heavy (non-hydrogen) atoms. The van der Waals surface area contributed by atoms with E-state index in [9.17, 15) is 0 Å². The first-order chi connectivity index (χ1) is 4.63. The van der Waals surface area contributed by atoms with Crippen molar-refractivity contribution in [3.05, 3.63) is 12.2 Å². The Kier molecular flexibility index (Phi) is 4.37. The lowest BCUT2D eigenvalue weighted by Crippen LogP contribution is -2.31. The minimum absolute atomic E-state index is 0.574. The molecule has 0 bridgehead atoms. The van der Waals surface area contributed by atoms with Gasteiger partial charge < -0.3 is 4.90 Å². The average Bonchev–Trinajstić information content (AvgIpc) is 1.88. The van der Waals surface area contributed by atoms with Crippen LogP contribution in [0.4, 0.5) is 0 Å². The number of rotatable bonds is 4. The molecule has 0 heterocycles. The van der Waals surface area contributed by atoms with Crippen molar-refractivity contribution in [3.63, 3.8) is 0 Å². The van der Waals surface area contributed by atoms with E-state index in [1.54, 1.807) is 0 Å². The van der Waals surface area contributed by atoms with Crippen LogP contribution in [0, 0.1) is 0 Å². The summed E-state index contributed by atoms with van der Waals surface area (Å²) in [4.78, 5) is 2.32. The van der Waals surface area contributed by atoms with Crippen LogP contribution in [0.2, 0.25) is 0 Å². The molecule has 1 atom stereocenters. The van der Waals surface area contributed by atoms with Crippen molar-refractivity contribution < 1.29 is 0 Å². The van der Waals surface area contributed by atoms with Crippen molar-refractivity contribution >= 4 is 0 Å². The fourth-order valence-corrected chi connectivity index (χ4v) is 1.26. The van der Waals surface area contributed by atoms with Gasteiger partial charge in [-0.25, -0.2) is 0 Å². The Morgan fingerprint density at radius 1 is 1.50 bits per heavy atom. The van der Waals surface area contributed by atoms with Gasteiger partial charge in [-0.2, -0.15) is 0 Å². The van der Waals surface area contributed by atoms with E-state index in [1.165, 1.54) is 12.0 Å². The lowest BCUT2D eigenvalue weighted by Gasteiger charge is -2.25. The highest BCUT2D eigenvalue weighted by molar-refractivity contribution is 5.00. The van der Waals surface area contributed by atoms with E-state index in [2.05, 4.69) is 39.3 Å². The maximum absolute atomic E-state index is 3.95. The molecular formula is C9H19N. The fraction of sp³-hybridized carbons (Fsp3) is 0.778. The Balaban J connectivity index is 3.92. The monoisotopic (exact) mass is 141 g/mol. The molecule has 1 heteroatoms. The molecule has 0 N–H and O–H groups in total. The highest BCUT2D eigenvalue weighted by Gasteiger charge is 2.09. The molecule has 0 aliphatic heterocycles. The molecule has 0 saturated carbocycles. The largest absolute Gasteiger partial charge is 0.300 e. The first-order valence-corrected chi connectivity index (χ1v) is 3.99. The van der Waals surface area contributed by atoms with E-state index in [4.69, 9.17) is 0 Å². The molecule has 0 aromatic carbocycles. The van der Waals surface area contributed by atoms with Crippen LogP contribution in [0.5, 0.6) is 0 Å². The summed E-state index contributed by atoms with van der Waals surface area (Å²) < 4.78 is 0. The third-order valence-electron chi connectivity index (χ3n) is 1.99. The number of hydrogen-bond acceptors (Lipinski definition) is 1. The third kappa shape index (κ3) is 2.53. The van der Waals surface area contributed by atoms with Gasteiger partial charge in [-0.3, -0.25) is 0 Å². The van der Waals surface area contributed by atoms with Gasteiger partial charge in [0, 0.05) is 6.04 Å². The van der Waals surface area contributed by atoms with Gasteiger partial charge in [0.1, 0.15) is 0 Å². The zero-order valence-electron chi connectivity index (χ0n) is 7.65. The molecule has 1 nitrogen and oxygen atoms in total. The quantitative estimate of drug-likeness (QED) is 0.543. The van der Waals surface area contributed by atoms with Gasteiger partial charge in [-0.15, -0.1) is 0 Å². The zero-order chi connectivity index (χ0) is 8.15. The number of likely N-dealkylation sites (N-methyl/N-ethyl adjacent to an activating group) is 1. The third-order valence-corrected chi connectivity index (χ3v) is 1.99. The second-order valence-corrected chi connectivity index (χ2v) is 2.84. The van der Waals surface area contributed by atoms with E-state index < -0.39 is 0 Å². The predicted molar refractivity (Wildman–Crippen MR) is 47.2 cm³/mol. The average molecular weight is 141 g/mol. The summed E-state index contributed by atoms with van der Waals surface area (Å²) >= 11 is 0. The SMILES string of the molecule is C=C(C)C(CC)N(C)CC. The van der Waals surface area contributed by atoms with Crippen LogP contribution >= 0.6 is 0 Å². The highest BCUT2D eigenvalue weighted by Crippen LogP contribution is 2.09. The second kappa shape index (κ2) is 4.51. The minimum Gasteiger partial charge on any atom is -0.300 e. The topological polar surface area (TPSA) is 3.24 Å². The Labute approximate surface area is 64.7 Å². The van der Waals surface area contributed by atoms with Gasteiger partial charge >= 0.3 is 0 Å². The van der Waals surface area contributed by atoms with Crippen molar-refractivity contribution in [2.75, 3.05) is 13.6 Å². The van der Waals surface area contributed by atoms with Crippen LogP contribution in [0.3, 0.4) is 0 Å². The van der Waals surface area contributed by atoms with Gasteiger partial charge in [0.2, 0.25) is 0 Å². The molecule has 0 radical (unpaired) electrons. The molecule has 0 spiro atoms. The van der Waals surface area contributed by atoms with E-state index in [-0.39, 0.29) is 0 Å². The van der Waals surface area contributed by atoms with Crippen LogP contribution in [0.1, 0.15) is 27.2 Å². The highest BCUT2D eigenvalue weighted by atomic mass is 15.1. The van der Waals surface area contributed by atoms with Gasteiger partial charge in [0.15, 0.2) is 0 Å². The molecule has 0 aliphatic rings. The lowest BCUT2D eigenvalue weighted by atomic mass is 10.1.